The number of hydrogen-bond donors (Lipinski definition) is 3. The van der Waals surface area contributed by atoms with Gasteiger partial charge < -0.3 is 29.7 Å². The molecule has 0 saturated carbocycles. The highest BCUT2D eigenvalue weighted by Crippen LogP contribution is 2.37. The van der Waals surface area contributed by atoms with Crippen LogP contribution in [0.15, 0.2) is 47.4 Å². The van der Waals surface area contributed by atoms with Crippen molar-refractivity contribution in [3.05, 3.63) is 48.0 Å². The highest BCUT2D eigenvalue weighted by Gasteiger charge is 2.40. The summed E-state index contributed by atoms with van der Waals surface area (Å²) in [5.41, 5.74) is 0.841. The fourth-order valence-electron chi connectivity index (χ4n) is 5.97. The van der Waals surface area contributed by atoms with Crippen LogP contribution in [0.5, 0.6) is 17.2 Å². The highest BCUT2D eigenvalue weighted by molar-refractivity contribution is 7.89. The zero-order valence-electron chi connectivity index (χ0n) is 24.6. The molecular formula is C31H42N4O7S. The molecule has 234 valence electrons. The van der Waals surface area contributed by atoms with Crippen molar-refractivity contribution in [2.24, 2.45) is 5.41 Å². The average molecular weight is 615 g/mol. The van der Waals surface area contributed by atoms with Gasteiger partial charge in [0.1, 0.15) is 25.6 Å². The third-order valence-corrected chi connectivity index (χ3v) is 9.91. The van der Waals surface area contributed by atoms with Gasteiger partial charge in [-0.1, -0.05) is 31.0 Å². The summed E-state index contributed by atoms with van der Waals surface area (Å²) in [5.74, 6) is 1.47. The maximum absolute atomic E-state index is 13.4. The lowest BCUT2D eigenvalue weighted by atomic mass is 9.73. The number of nitrogens with one attached hydrogen (secondary N) is 3. The molecule has 1 saturated heterocycles. The van der Waals surface area contributed by atoms with Crippen molar-refractivity contribution >= 4 is 21.8 Å². The van der Waals surface area contributed by atoms with E-state index in [2.05, 4.69) is 26.3 Å². The first kappa shape index (κ1) is 31.1. The summed E-state index contributed by atoms with van der Waals surface area (Å²) in [7, 11) is -3.89. The van der Waals surface area contributed by atoms with Crippen LogP contribution in [-0.2, 0) is 26.0 Å². The van der Waals surface area contributed by atoms with Crippen LogP contribution in [0.1, 0.15) is 44.1 Å². The van der Waals surface area contributed by atoms with E-state index in [1.165, 1.54) is 17.7 Å². The lowest BCUT2D eigenvalue weighted by Gasteiger charge is -2.41. The Bertz CT molecular complexity index is 1380. The van der Waals surface area contributed by atoms with Gasteiger partial charge >= 0.3 is 0 Å². The van der Waals surface area contributed by atoms with Gasteiger partial charge in [-0.15, -0.1) is 0 Å². The largest absolute Gasteiger partial charge is 0.491 e. The number of carbonyl (C=O) groups is 2. The second kappa shape index (κ2) is 14.4. The smallest absolute Gasteiger partial charge is 0.241 e. The standard InChI is InChI=1S/C31H42N4O7S/c36-29(23-34-43(38,39)25-9-10-27-28(22-25)42-21-20-41-27)32-14-18-35-16-12-31(13-17-35)11-5-1-2-6-24-7-3-4-8-26(24)40-19-15-33-30(31)37/h3-4,7-10,22,34H,1-2,5-6,11-21,23H2,(H,32,36)(H,33,37). The van der Waals surface area contributed by atoms with E-state index in [9.17, 15) is 18.0 Å². The van der Waals surface area contributed by atoms with Crippen LogP contribution in [0.25, 0.3) is 0 Å². The van der Waals surface area contributed by atoms with E-state index in [1.807, 2.05) is 18.2 Å². The number of piperidine rings is 1. The Balaban J connectivity index is 1.04. The first-order valence-electron chi connectivity index (χ1n) is 15.2. The molecule has 1 spiro atoms. The molecule has 11 nitrogen and oxygen atoms in total. The molecule has 0 aliphatic carbocycles. The number of nitrogens with zero attached hydrogens (tertiary/aromatic N) is 1. The van der Waals surface area contributed by atoms with Crippen molar-refractivity contribution < 1.29 is 32.2 Å². The Kier molecular flexibility index (Phi) is 10.4. The van der Waals surface area contributed by atoms with Crippen molar-refractivity contribution in [3.8, 4) is 17.2 Å². The van der Waals surface area contributed by atoms with Gasteiger partial charge in [0, 0.05) is 19.2 Å². The van der Waals surface area contributed by atoms with Gasteiger partial charge in [-0.2, -0.15) is 0 Å². The lowest BCUT2D eigenvalue weighted by molar-refractivity contribution is -0.134. The number of rotatable bonds is 7. The van der Waals surface area contributed by atoms with Crippen LogP contribution >= 0.6 is 0 Å². The van der Waals surface area contributed by atoms with Gasteiger partial charge in [0.05, 0.1) is 23.4 Å². The number of benzene rings is 2. The van der Waals surface area contributed by atoms with Gasteiger partial charge in [-0.3, -0.25) is 9.59 Å². The molecule has 43 heavy (non-hydrogen) atoms. The molecule has 0 atom stereocenters. The van der Waals surface area contributed by atoms with E-state index in [-0.39, 0.29) is 22.8 Å². The van der Waals surface area contributed by atoms with E-state index in [0.29, 0.717) is 51.0 Å². The molecule has 2 amide bonds. The number of hydrogen-bond acceptors (Lipinski definition) is 8. The molecule has 0 unspecified atom stereocenters. The van der Waals surface area contributed by atoms with Gasteiger partial charge in [0.25, 0.3) is 0 Å². The Labute approximate surface area is 253 Å². The van der Waals surface area contributed by atoms with Crippen LogP contribution in [-0.4, -0.2) is 84.2 Å². The summed E-state index contributed by atoms with van der Waals surface area (Å²) >= 11 is 0. The number of fused-ring (bicyclic) bond motifs is 2. The summed E-state index contributed by atoms with van der Waals surface area (Å²) in [6.45, 7) is 3.87. The number of carbonyl (C=O) groups excluding carboxylic acids is 2. The Morgan fingerprint density at radius 2 is 1.67 bits per heavy atom. The monoisotopic (exact) mass is 614 g/mol. The highest BCUT2D eigenvalue weighted by atomic mass is 32.2. The van der Waals surface area contributed by atoms with Crippen LogP contribution in [0.3, 0.4) is 0 Å². The fourth-order valence-corrected chi connectivity index (χ4v) is 6.96. The van der Waals surface area contributed by atoms with Gasteiger partial charge in [-0.05, 0) is 69.0 Å². The molecule has 1 fully saturated rings. The van der Waals surface area contributed by atoms with Crippen LogP contribution < -0.4 is 29.6 Å². The zero-order valence-corrected chi connectivity index (χ0v) is 25.4. The average Bonchev–Trinajstić information content (AvgIpc) is 3.03. The maximum atomic E-state index is 13.4. The minimum absolute atomic E-state index is 0.00993. The van der Waals surface area contributed by atoms with Crippen LogP contribution in [0, 0.1) is 5.41 Å². The van der Waals surface area contributed by atoms with Gasteiger partial charge in [0.2, 0.25) is 21.8 Å². The zero-order chi connectivity index (χ0) is 30.1. The molecule has 0 radical (unpaired) electrons. The quantitative estimate of drug-likeness (QED) is 0.432. The topological polar surface area (TPSA) is 135 Å². The number of aryl methyl sites for hydroxylation is 1. The molecule has 12 heteroatoms. The fraction of sp³-hybridized carbons (Fsp3) is 0.548. The van der Waals surface area contributed by atoms with Crippen molar-refractivity contribution in [2.75, 3.05) is 59.1 Å². The van der Waals surface area contributed by atoms with Gasteiger partial charge in [-0.25, -0.2) is 13.1 Å². The predicted octanol–water partition coefficient (Wildman–Crippen LogP) is 2.25. The van der Waals surface area contributed by atoms with E-state index in [4.69, 9.17) is 14.2 Å². The molecular weight excluding hydrogens is 572 g/mol. The molecule has 3 N–H and O–H groups in total. The van der Waals surface area contributed by atoms with E-state index >= 15 is 0 Å². The number of amides is 2. The number of para-hydroxylation sites is 1. The first-order valence-corrected chi connectivity index (χ1v) is 16.7. The first-order chi connectivity index (χ1) is 20.8. The maximum Gasteiger partial charge on any atom is 0.241 e. The molecule has 0 bridgehead atoms. The minimum atomic E-state index is -3.89. The van der Waals surface area contributed by atoms with Crippen molar-refractivity contribution in [1.29, 1.82) is 0 Å². The second-order valence-corrected chi connectivity index (χ2v) is 13.1. The molecule has 5 rings (SSSR count). The van der Waals surface area contributed by atoms with Crippen molar-refractivity contribution in [2.45, 2.75) is 49.8 Å². The molecule has 2 aromatic rings. The van der Waals surface area contributed by atoms with Gasteiger partial charge in [0.15, 0.2) is 11.5 Å². The summed E-state index contributed by atoms with van der Waals surface area (Å²) in [6.07, 6.45) is 6.52. The predicted molar refractivity (Wildman–Crippen MR) is 161 cm³/mol. The molecule has 3 aliphatic heterocycles. The Morgan fingerprint density at radius 3 is 2.51 bits per heavy atom. The third kappa shape index (κ3) is 8.18. The number of likely N-dealkylation sites (tertiary alicyclic amines) is 1. The van der Waals surface area contributed by atoms with E-state index < -0.39 is 15.9 Å². The third-order valence-electron chi connectivity index (χ3n) is 8.51. The SMILES string of the molecule is O=C(CNS(=O)(=O)c1ccc2c(c1)OCCO2)NCCN1CCC2(CCCCCc3ccccc3OCCNC2=O)CC1. The summed E-state index contributed by atoms with van der Waals surface area (Å²) < 4.78 is 44.6. The number of sulfonamides is 1. The molecule has 2 aromatic carbocycles. The van der Waals surface area contributed by atoms with Crippen molar-refractivity contribution in [1.82, 2.24) is 20.3 Å². The van der Waals surface area contributed by atoms with Crippen LogP contribution in [0.4, 0.5) is 0 Å². The molecule has 3 aliphatic rings. The lowest BCUT2D eigenvalue weighted by Crippen LogP contribution is -2.50. The van der Waals surface area contributed by atoms with E-state index in [0.717, 1.165) is 63.8 Å². The molecule has 3 heterocycles. The van der Waals surface area contributed by atoms with Crippen molar-refractivity contribution in [3.63, 3.8) is 0 Å². The minimum Gasteiger partial charge on any atom is -0.491 e. The van der Waals surface area contributed by atoms with Crippen LogP contribution in [0.2, 0.25) is 0 Å². The Morgan fingerprint density at radius 1 is 0.907 bits per heavy atom. The second-order valence-electron chi connectivity index (χ2n) is 11.4. The summed E-state index contributed by atoms with van der Waals surface area (Å²) in [4.78, 5) is 28.0. The van der Waals surface area contributed by atoms with E-state index in [1.54, 1.807) is 6.07 Å². The summed E-state index contributed by atoms with van der Waals surface area (Å²) in [5, 5.41) is 5.93. The molecule has 0 aromatic heterocycles. The number of ether oxygens (including phenoxy) is 3. The summed E-state index contributed by atoms with van der Waals surface area (Å²) in [6, 6.07) is 12.5. The normalized spacial score (nSPS) is 19.5. The Hall–Kier alpha value is -3.35.